The molecule has 142 valence electrons. The van der Waals surface area contributed by atoms with E-state index in [-0.39, 0.29) is 18.1 Å². The highest BCUT2D eigenvalue weighted by Gasteiger charge is 2.20. The van der Waals surface area contributed by atoms with Gasteiger partial charge in [-0.3, -0.25) is 14.5 Å². The van der Waals surface area contributed by atoms with Gasteiger partial charge in [0.25, 0.3) is 5.91 Å². The summed E-state index contributed by atoms with van der Waals surface area (Å²) in [5, 5.41) is 5.47. The molecule has 28 heavy (non-hydrogen) atoms. The molecule has 5 N–H and O–H groups in total. The fourth-order valence-corrected chi connectivity index (χ4v) is 3.77. The number of anilines is 2. The van der Waals surface area contributed by atoms with E-state index in [2.05, 4.69) is 20.3 Å². The molecular weight excluding hydrogens is 398 g/mol. The Balaban J connectivity index is 1.89. The van der Waals surface area contributed by atoms with Gasteiger partial charge in [0, 0.05) is 46.8 Å². The van der Waals surface area contributed by atoms with E-state index in [0.717, 1.165) is 22.5 Å². The number of hydrogen-bond acceptors (Lipinski definition) is 7. The van der Waals surface area contributed by atoms with Crippen molar-refractivity contribution in [3.8, 4) is 11.3 Å². The molecule has 10 heteroatoms. The Morgan fingerprint density at radius 1 is 1.36 bits per heavy atom. The summed E-state index contributed by atoms with van der Waals surface area (Å²) in [6, 6.07) is 5.25. The maximum absolute atomic E-state index is 12.6. The lowest BCUT2D eigenvalue weighted by Crippen LogP contribution is -2.11. The molecule has 1 aromatic carbocycles. The normalized spacial score (nSPS) is 11.1. The first-order chi connectivity index (χ1) is 13.5. The average Bonchev–Trinajstić information content (AvgIpc) is 3.30. The number of nitrogens with zero attached hydrogens (tertiary/aromatic N) is 4. The summed E-state index contributed by atoms with van der Waals surface area (Å²) < 4.78 is 1.73. The van der Waals surface area contributed by atoms with Gasteiger partial charge in [-0.25, -0.2) is 15.0 Å². The van der Waals surface area contributed by atoms with Crippen molar-refractivity contribution in [1.29, 1.82) is 0 Å². The van der Waals surface area contributed by atoms with E-state index >= 15 is 0 Å². The van der Waals surface area contributed by atoms with E-state index in [1.54, 1.807) is 34.3 Å². The monoisotopic (exact) mass is 413 g/mol. The number of fused-ring (bicyclic) bond motifs is 1. The predicted octanol–water partition coefficient (Wildman–Crippen LogP) is 3.11. The number of nitrogens with one attached hydrogen (secondary N) is 1. The summed E-state index contributed by atoms with van der Waals surface area (Å²) in [7, 11) is 0. The van der Waals surface area contributed by atoms with Gasteiger partial charge in [-0.1, -0.05) is 11.6 Å². The van der Waals surface area contributed by atoms with Crippen LogP contribution in [-0.4, -0.2) is 25.3 Å². The van der Waals surface area contributed by atoms with Crippen LogP contribution in [0.4, 0.5) is 10.8 Å². The van der Waals surface area contributed by atoms with Crippen LogP contribution in [0.5, 0.6) is 0 Å². The molecule has 0 unspecified atom stereocenters. The number of carbonyl (C=O) groups is 1. The molecule has 0 saturated heterocycles. The van der Waals surface area contributed by atoms with Gasteiger partial charge < -0.3 is 11.5 Å². The number of nitrogens with two attached hydrogens (primary N) is 2. The highest BCUT2D eigenvalue weighted by atomic mass is 35.5. The van der Waals surface area contributed by atoms with Crippen LogP contribution in [0.1, 0.15) is 21.7 Å². The second kappa shape index (κ2) is 7.19. The van der Waals surface area contributed by atoms with Crippen molar-refractivity contribution >= 4 is 45.4 Å². The average molecular weight is 414 g/mol. The SMILES string of the molecule is Cc1nc2nc(C(=O)Nc3nccs3)cn2c(-c2ccc(N)cc2Cl)c1CN. The van der Waals surface area contributed by atoms with Gasteiger partial charge in [0.1, 0.15) is 5.69 Å². The zero-order chi connectivity index (χ0) is 19.8. The summed E-state index contributed by atoms with van der Waals surface area (Å²) in [4.78, 5) is 25.5. The Kier molecular flexibility index (Phi) is 4.71. The van der Waals surface area contributed by atoms with Crippen molar-refractivity contribution in [2.75, 3.05) is 11.1 Å². The molecule has 0 atom stereocenters. The van der Waals surface area contributed by atoms with Gasteiger partial charge in [-0.2, -0.15) is 0 Å². The third-order valence-electron chi connectivity index (χ3n) is 4.26. The van der Waals surface area contributed by atoms with Gasteiger partial charge in [0.05, 0.1) is 10.7 Å². The lowest BCUT2D eigenvalue weighted by atomic mass is 10.0. The summed E-state index contributed by atoms with van der Waals surface area (Å²) in [6.45, 7) is 2.10. The summed E-state index contributed by atoms with van der Waals surface area (Å²) in [5.74, 6) is 0.00337. The molecule has 4 rings (SSSR count). The zero-order valence-corrected chi connectivity index (χ0v) is 16.4. The van der Waals surface area contributed by atoms with Crippen molar-refractivity contribution in [1.82, 2.24) is 19.4 Å². The molecule has 3 heterocycles. The van der Waals surface area contributed by atoms with Gasteiger partial charge in [0.15, 0.2) is 5.13 Å². The molecule has 4 aromatic rings. The van der Waals surface area contributed by atoms with Crippen molar-refractivity contribution in [2.45, 2.75) is 13.5 Å². The molecule has 0 aliphatic heterocycles. The lowest BCUT2D eigenvalue weighted by molar-refractivity contribution is 0.102. The van der Waals surface area contributed by atoms with E-state index < -0.39 is 0 Å². The number of aryl methyl sites for hydroxylation is 1. The maximum atomic E-state index is 12.6. The standard InChI is InChI=1S/C18H16ClN7OS/c1-9-12(7-20)15(11-3-2-10(21)6-13(11)19)26-8-14(24-17(26)23-9)16(27)25-18-22-4-5-28-18/h2-6,8H,7,20-21H2,1H3,(H,22,25,27). The quantitative estimate of drug-likeness (QED) is 0.441. The lowest BCUT2D eigenvalue weighted by Gasteiger charge is -2.14. The number of aromatic nitrogens is 4. The molecule has 0 spiro atoms. The minimum Gasteiger partial charge on any atom is -0.399 e. The van der Waals surface area contributed by atoms with Gasteiger partial charge in [0.2, 0.25) is 5.78 Å². The molecular formula is C18H16ClN7OS. The number of halogens is 1. The molecule has 0 saturated carbocycles. The topological polar surface area (TPSA) is 124 Å². The van der Waals surface area contributed by atoms with Crippen molar-refractivity contribution in [3.63, 3.8) is 0 Å². The second-order valence-electron chi connectivity index (χ2n) is 6.06. The van der Waals surface area contributed by atoms with E-state index in [0.29, 0.717) is 21.6 Å². The molecule has 0 fully saturated rings. The van der Waals surface area contributed by atoms with Crippen LogP contribution in [0.15, 0.2) is 36.0 Å². The van der Waals surface area contributed by atoms with Crippen molar-refractivity contribution in [3.05, 3.63) is 57.9 Å². The number of nitrogen functional groups attached to an aromatic ring is 1. The van der Waals surface area contributed by atoms with E-state index in [9.17, 15) is 4.79 Å². The number of thiazole rings is 1. The van der Waals surface area contributed by atoms with Crippen LogP contribution in [0.2, 0.25) is 5.02 Å². The number of benzene rings is 1. The highest BCUT2D eigenvalue weighted by Crippen LogP contribution is 2.33. The summed E-state index contributed by atoms with van der Waals surface area (Å²) in [5.41, 5.74) is 15.6. The number of rotatable bonds is 4. The van der Waals surface area contributed by atoms with Gasteiger partial charge >= 0.3 is 0 Å². The molecule has 0 aliphatic rings. The van der Waals surface area contributed by atoms with Crippen LogP contribution in [0.25, 0.3) is 17.0 Å². The third kappa shape index (κ3) is 3.19. The van der Waals surface area contributed by atoms with Crippen molar-refractivity contribution < 1.29 is 4.79 Å². The van der Waals surface area contributed by atoms with Crippen molar-refractivity contribution in [2.24, 2.45) is 5.73 Å². The molecule has 8 nitrogen and oxygen atoms in total. The van der Waals surface area contributed by atoms with Crippen LogP contribution in [0.3, 0.4) is 0 Å². The fraction of sp³-hybridized carbons (Fsp3) is 0.111. The minimum atomic E-state index is -0.373. The Hall–Kier alpha value is -3.01. The first kappa shape index (κ1) is 18.4. The third-order valence-corrected chi connectivity index (χ3v) is 5.26. The fourth-order valence-electron chi connectivity index (χ4n) is 2.96. The number of hydrogen-bond donors (Lipinski definition) is 3. The number of carbonyl (C=O) groups excluding carboxylic acids is 1. The van der Waals surface area contributed by atoms with Crippen LogP contribution in [-0.2, 0) is 6.54 Å². The predicted molar refractivity (Wildman–Crippen MR) is 111 cm³/mol. The second-order valence-corrected chi connectivity index (χ2v) is 7.36. The Morgan fingerprint density at radius 2 is 2.18 bits per heavy atom. The molecule has 0 radical (unpaired) electrons. The van der Waals surface area contributed by atoms with E-state index in [1.165, 1.54) is 11.3 Å². The Morgan fingerprint density at radius 3 is 2.86 bits per heavy atom. The minimum absolute atomic E-state index is 0.212. The molecule has 0 bridgehead atoms. The highest BCUT2D eigenvalue weighted by molar-refractivity contribution is 7.13. The van der Waals surface area contributed by atoms with Gasteiger partial charge in [-0.15, -0.1) is 11.3 Å². The Bertz CT molecular complexity index is 1190. The zero-order valence-electron chi connectivity index (χ0n) is 14.8. The smallest absolute Gasteiger partial charge is 0.277 e. The molecule has 0 aliphatic carbocycles. The first-order valence-electron chi connectivity index (χ1n) is 8.33. The van der Waals surface area contributed by atoms with Crippen LogP contribution < -0.4 is 16.8 Å². The van der Waals surface area contributed by atoms with Crippen LogP contribution in [0, 0.1) is 6.92 Å². The number of imidazole rings is 1. The molecule has 1 amide bonds. The maximum Gasteiger partial charge on any atom is 0.277 e. The Labute approximate surface area is 169 Å². The number of amides is 1. The largest absolute Gasteiger partial charge is 0.399 e. The summed E-state index contributed by atoms with van der Waals surface area (Å²) in [6.07, 6.45) is 3.23. The molecule has 3 aromatic heterocycles. The van der Waals surface area contributed by atoms with E-state index in [4.69, 9.17) is 23.1 Å². The van der Waals surface area contributed by atoms with Crippen LogP contribution >= 0.6 is 22.9 Å². The summed E-state index contributed by atoms with van der Waals surface area (Å²) >= 11 is 7.77. The van der Waals surface area contributed by atoms with E-state index in [1.807, 2.05) is 13.0 Å². The first-order valence-corrected chi connectivity index (χ1v) is 9.58. The van der Waals surface area contributed by atoms with Gasteiger partial charge in [-0.05, 0) is 25.1 Å².